The second-order valence-corrected chi connectivity index (χ2v) is 5.69. The molecule has 106 valence electrons. The number of carbonyl (C=O) groups is 1. The molecule has 0 spiro atoms. The molecule has 2 heterocycles. The van der Waals surface area contributed by atoms with E-state index in [-0.39, 0.29) is 5.91 Å². The van der Waals surface area contributed by atoms with Crippen molar-refractivity contribution in [3.63, 3.8) is 0 Å². The van der Waals surface area contributed by atoms with E-state index in [9.17, 15) is 4.79 Å². The predicted molar refractivity (Wildman–Crippen MR) is 77.7 cm³/mol. The Bertz CT molecular complexity index is 630. The zero-order chi connectivity index (χ0) is 14.1. The first-order valence-corrected chi connectivity index (χ1v) is 7.31. The van der Waals surface area contributed by atoms with Gasteiger partial charge in [0.2, 0.25) is 0 Å². The summed E-state index contributed by atoms with van der Waals surface area (Å²) in [7, 11) is 0. The summed E-state index contributed by atoms with van der Waals surface area (Å²) in [6.45, 7) is 4.94. The maximum Gasteiger partial charge on any atom is 0.255 e. The molecule has 1 atom stereocenters. The van der Waals surface area contributed by atoms with Crippen LogP contribution < -0.4 is 5.32 Å². The van der Waals surface area contributed by atoms with Crippen molar-refractivity contribution in [3.8, 4) is 0 Å². The van der Waals surface area contributed by atoms with E-state index in [0.717, 1.165) is 12.1 Å². The Morgan fingerprint density at radius 1 is 1.55 bits per heavy atom. The van der Waals surface area contributed by atoms with Gasteiger partial charge in [-0.05, 0) is 18.8 Å². The summed E-state index contributed by atoms with van der Waals surface area (Å²) in [5, 5.41) is 2.97. The van der Waals surface area contributed by atoms with Crippen LogP contribution in [0.5, 0.6) is 0 Å². The largest absolute Gasteiger partial charge is 0.352 e. The van der Waals surface area contributed by atoms with Crippen molar-refractivity contribution < 1.29 is 4.79 Å². The molecule has 2 aromatic rings. The highest BCUT2D eigenvalue weighted by Crippen LogP contribution is 2.39. The highest BCUT2D eigenvalue weighted by molar-refractivity contribution is 6.04. The first-order valence-electron chi connectivity index (χ1n) is 7.31. The lowest BCUT2D eigenvalue weighted by molar-refractivity contribution is 0.0949. The standard InChI is InChI=1S/C15H20N4O/c1-3-9(2)6-18-15(20)11-7-16-14-13(11)19-12(8-17-14)10-4-5-10/h7-10H,3-6H2,1-2H3,(H,16,17)(H,18,20). The van der Waals surface area contributed by atoms with Crippen LogP contribution in [-0.2, 0) is 0 Å². The Labute approximate surface area is 118 Å². The smallest absolute Gasteiger partial charge is 0.255 e. The van der Waals surface area contributed by atoms with E-state index in [4.69, 9.17) is 0 Å². The molecule has 2 N–H and O–H groups in total. The normalized spacial score (nSPS) is 16.3. The molecular formula is C15H20N4O. The third kappa shape index (κ3) is 2.53. The van der Waals surface area contributed by atoms with E-state index in [1.165, 1.54) is 12.8 Å². The van der Waals surface area contributed by atoms with Gasteiger partial charge in [0.05, 0.1) is 17.5 Å². The third-order valence-electron chi connectivity index (χ3n) is 3.95. The molecule has 20 heavy (non-hydrogen) atoms. The first kappa shape index (κ1) is 13.1. The van der Waals surface area contributed by atoms with E-state index >= 15 is 0 Å². The lowest BCUT2D eigenvalue weighted by Gasteiger charge is -2.09. The Balaban J connectivity index is 1.83. The number of H-pyrrole nitrogens is 1. The van der Waals surface area contributed by atoms with Crippen LogP contribution >= 0.6 is 0 Å². The Hall–Kier alpha value is -1.91. The summed E-state index contributed by atoms with van der Waals surface area (Å²) >= 11 is 0. The summed E-state index contributed by atoms with van der Waals surface area (Å²) in [6.07, 6.45) is 6.94. The fourth-order valence-corrected chi connectivity index (χ4v) is 2.16. The van der Waals surface area contributed by atoms with Crippen molar-refractivity contribution in [1.82, 2.24) is 20.3 Å². The summed E-state index contributed by atoms with van der Waals surface area (Å²) < 4.78 is 0. The third-order valence-corrected chi connectivity index (χ3v) is 3.95. The van der Waals surface area contributed by atoms with Crippen molar-refractivity contribution in [2.75, 3.05) is 6.54 Å². The summed E-state index contributed by atoms with van der Waals surface area (Å²) in [6, 6.07) is 0. The lowest BCUT2D eigenvalue weighted by atomic mass is 10.1. The number of hydrogen-bond donors (Lipinski definition) is 2. The van der Waals surface area contributed by atoms with E-state index in [1.807, 2.05) is 6.20 Å². The van der Waals surface area contributed by atoms with Gasteiger partial charge in [0, 0.05) is 18.7 Å². The summed E-state index contributed by atoms with van der Waals surface area (Å²) in [5.41, 5.74) is 2.98. The highest BCUT2D eigenvalue weighted by atomic mass is 16.1. The van der Waals surface area contributed by atoms with E-state index < -0.39 is 0 Å². The Kier molecular flexibility index (Phi) is 3.42. The molecule has 1 aliphatic carbocycles. The predicted octanol–water partition coefficient (Wildman–Crippen LogP) is 2.61. The maximum absolute atomic E-state index is 12.2. The van der Waals surface area contributed by atoms with Crippen LogP contribution in [0.25, 0.3) is 11.2 Å². The van der Waals surface area contributed by atoms with E-state index in [1.54, 1.807) is 6.20 Å². The van der Waals surface area contributed by atoms with Crippen LogP contribution in [0, 0.1) is 5.92 Å². The van der Waals surface area contributed by atoms with Gasteiger partial charge in [0.25, 0.3) is 5.91 Å². The maximum atomic E-state index is 12.2. The quantitative estimate of drug-likeness (QED) is 0.879. The molecule has 1 saturated carbocycles. The van der Waals surface area contributed by atoms with Crippen molar-refractivity contribution in [2.24, 2.45) is 5.92 Å². The minimum absolute atomic E-state index is 0.0706. The summed E-state index contributed by atoms with van der Waals surface area (Å²) in [4.78, 5) is 24.2. The van der Waals surface area contributed by atoms with Crippen LogP contribution in [0.15, 0.2) is 12.4 Å². The number of nitrogens with zero attached hydrogens (tertiary/aromatic N) is 2. The van der Waals surface area contributed by atoms with Gasteiger partial charge in [-0.1, -0.05) is 20.3 Å². The molecule has 1 fully saturated rings. The van der Waals surface area contributed by atoms with Gasteiger partial charge in [-0.3, -0.25) is 4.79 Å². The van der Waals surface area contributed by atoms with Crippen LogP contribution in [0.4, 0.5) is 0 Å². The number of aromatic amines is 1. The number of nitrogens with one attached hydrogen (secondary N) is 2. The van der Waals surface area contributed by atoms with Gasteiger partial charge in [-0.25, -0.2) is 9.97 Å². The SMILES string of the molecule is CCC(C)CNC(=O)c1c[nH]c2ncc(C3CC3)nc12. The zero-order valence-electron chi connectivity index (χ0n) is 11.9. The first-order chi connectivity index (χ1) is 9.69. The summed E-state index contributed by atoms with van der Waals surface area (Å²) in [5.74, 6) is 0.953. The van der Waals surface area contributed by atoms with E-state index in [2.05, 4.69) is 34.1 Å². The number of hydrogen-bond acceptors (Lipinski definition) is 3. The van der Waals surface area contributed by atoms with Crippen LogP contribution in [0.1, 0.15) is 55.1 Å². The Morgan fingerprint density at radius 3 is 3.05 bits per heavy atom. The van der Waals surface area contributed by atoms with Gasteiger partial charge in [0.15, 0.2) is 5.65 Å². The van der Waals surface area contributed by atoms with Crippen molar-refractivity contribution in [3.05, 3.63) is 23.7 Å². The average molecular weight is 272 g/mol. The molecule has 0 bridgehead atoms. The van der Waals surface area contributed by atoms with Crippen LogP contribution in [0.3, 0.4) is 0 Å². The second-order valence-electron chi connectivity index (χ2n) is 5.69. The van der Waals surface area contributed by atoms with Gasteiger partial charge in [0.1, 0.15) is 5.52 Å². The van der Waals surface area contributed by atoms with Crippen molar-refractivity contribution >= 4 is 17.1 Å². The number of aromatic nitrogens is 3. The van der Waals surface area contributed by atoms with Gasteiger partial charge in [-0.15, -0.1) is 0 Å². The van der Waals surface area contributed by atoms with E-state index in [0.29, 0.717) is 35.1 Å². The molecule has 0 saturated heterocycles. The van der Waals surface area contributed by atoms with Crippen molar-refractivity contribution in [1.29, 1.82) is 0 Å². The monoisotopic (exact) mass is 272 g/mol. The Morgan fingerprint density at radius 2 is 2.35 bits per heavy atom. The number of fused-ring (bicyclic) bond motifs is 1. The minimum Gasteiger partial charge on any atom is -0.352 e. The molecule has 0 aromatic carbocycles. The number of rotatable bonds is 5. The number of amides is 1. The zero-order valence-corrected chi connectivity index (χ0v) is 11.9. The second kappa shape index (κ2) is 5.23. The molecule has 5 nitrogen and oxygen atoms in total. The molecule has 0 radical (unpaired) electrons. The van der Waals surface area contributed by atoms with Gasteiger partial charge in [-0.2, -0.15) is 0 Å². The molecule has 0 aliphatic heterocycles. The van der Waals surface area contributed by atoms with Gasteiger partial charge < -0.3 is 10.3 Å². The lowest BCUT2D eigenvalue weighted by Crippen LogP contribution is -2.28. The molecule has 1 amide bonds. The molecule has 1 unspecified atom stereocenters. The molecular weight excluding hydrogens is 252 g/mol. The topological polar surface area (TPSA) is 70.7 Å². The van der Waals surface area contributed by atoms with Crippen molar-refractivity contribution in [2.45, 2.75) is 39.0 Å². The molecule has 5 heteroatoms. The fourth-order valence-electron chi connectivity index (χ4n) is 2.16. The molecule has 2 aromatic heterocycles. The molecule has 3 rings (SSSR count). The highest BCUT2D eigenvalue weighted by Gasteiger charge is 2.26. The minimum atomic E-state index is -0.0706. The van der Waals surface area contributed by atoms with Crippen LogP contribution in [-0.4, -0.2) is 27.4 Å². The average Bonchev–Trinajstić information content (AvgIpc) is 3.23. The molecule has 1 aliphatic rings. The number of carbonyl (C=O) groups excluding carboxylic acids is 1. The van der Waals surface area contributed by atoms with Gasteiger partial charge >= 0.3 is 0 Å². The fraction of sp³-hybridized carbons (Fsp3) is 0.533. The van der Waals surface area contributed by atoms with Crippen LogP contribution in [0.2, 0.25) is 0 Å².